The Morgan fingerprint density at radius 2 is 1.87 bits per heavy atom. The van der Waals surface area contributed by atoms with Crippen LogP contribution in [0, 0.1) is 10.1 Å². The van der Waals surface area contributed by atoms with Crippen molar-refractivity contribution in [3.05, 3.63) is 68.7 Å². The lowest BCUT2D eigenvalue weighted by Crippen LogP contribution is -1.97. The molecule has 3 rings (SSSR count). The van der Waals surface area contributed by atoms with E-state index >= 15 is 0 Å². The highest BCUT2D eigenvalue weighted by Gasteiger charge is 2.14. The zero-order valence-electron chi connectivity index (χ0n) is 12.6. The van der Waals surface area contributed by atoms with E-state index in [4.69, 9.17) is 0 Å². The Morgan fingerprint density at radius 3 is 2.52 bits per heavy atom. The van der Waals surface area contributed by atoms with Gasteiger partial charge in [-0.1, -0.05) is 34.1 Å². The zero-order chi connectivity index (χ0) is 16.2. The maximum Gasteiger partial charge on any atom is 0.292 e. The maximum absolute atomic E-state index is 11.1. The van der Waals surface area contributed by atoms with Crippen LogP contribution in [0.3, 0.4) is 0 Å². The van der Waals surface area contributed by atoms with Gasteiger partial charge in [0.1, 0.15) is 5.69 Å². The molecule has 0 aliphatic heterocycles. The predicted molar refractivity (Wildman–Crippen MR) is 97.0 cm³/mol. The summed E-state index contributed by atoms with van der Waals surface area (Å²) < 4.78 is 0.801. The molecule has 5 heteroatoms. The van der Waals surface area contributed by atoms with Gasteiger partial charge < -0.3 is 5.32 Å². The van der Waals surface area contributed by atoms with Crippen molar-refractivity contribution in [3.63, 3.8) is 0 Å². The number of nitro benzene ring substituents is 1. The summed E-state index contributed by atoms with van der Waals surface area (Å²) >= 11 is 3.35. The maximum atomic E-state index is 11.1. The van der Waals surface area contributed by atoms with Crippen LogP contribution in [0.2, 0.25) is 0 Å². The van der Waals surface area contributed by atoms with Crippen molar-refractivity contribution in [2.75, 3.05) is 5.32 Å². The topological polar surface area (TPSA) is 55.2 Å². The molecule has 118 valence electrons. The third-order valence-electron chi connectivity index (χ3n) is 3.98. The van der Waals surface area contributed by atoms with Crippen molar-refractivity contribution in [1.82, 2.24) is 0 Å². The molecule has 0 atom stereocenters. The number of halogens is 1. The molecule has 0 saturated carbocycles. The summed E-state index contributed by atoms with van der Waals surface area (Å²) in [4.78, 5) is 10.7. The fraction of sp³-hybridized carbons (Fsp3) is 0.222. The van der Waals surface area contributed by atoms with E-state index in [-0.39, 0.29) is 10.6 Å². The molecule has 2 aromatic carbocycles. The number of hydrogen-bond donors (Lipinski definition) is 1. The Bertz CT molecular complexity index is 754. The number of hydrogen-bond acceptors (Lipinski definition) is 3. The van der Waals surface area contributed by atoms with Gasteiger partial charge >= 0.3 is 0 Å². The molecule has 0 fully saturated rings. The van der Waals surface area contributed by atoms with Crippen LogP contribution in [0.5, 0.6) is 0 Å². The van der Waals surface area contributed by atoms with E-state index in [1.807, 2.05) is 12.1 Å². The van der Waals surface area contributed by atoms with Gasteiger partial charge in [0.15, 0.2) is 0 Å². The molecule has 4 nitrogen and oxygen atoms in total. The standard InChI is InChI=1S/C18H17BrN2O2/c19-15-8-11-18(21(22)23)17(12-15)20-16-9-6-14(7-10-16)13-4-2-1-3-5-13/h4,6-12,20H,1-3,5H2. The summed E-state index contributed by atoms with van der Waals surface area (Å²) in [5, 5.41) is 14.3. The van der Waals surface area contributed by atoms with Crippen LogP contribution in [0.4, 0.5) is 17.1 Å². The van der Waals surface area contributed by atoms with Crippen LogP contribution in [0.25, 0.3) is 5.57 Å². The van der Waals surface area contributed by atoms with Gasteiger partial charge in [0, 0.05) is 16.2 Å². The molecule has 0 amide bonds. The van der Waals surface area contributed by atoms with Gasteiger partial charge in [0.2, 0.25) is 0 Å². The smallest absolute Gasteiger partial charge is 0.292 e. The van der Waals surface area contributed by atoms with Crippen molar-refractivity contribution >= 4 is 38.6 Å². The first kappa shape index (κ1) is 15.7. The van der Waals surface area contributed by atoms with Crippen LogP contribution in [-0.2, 0) is 0 Å². The third kappa shape index (κ3) is 3.79. The van der Waals surface area contributed by atoms with E-state index in [1.165, 1.54) is 30.0 Å². The van der Waals surface area contributed by atoms with Gasteiger partial charge in [0.05, 0.1) is 4.92 Å². The largest absolute Gasteiger partial charge is 0.350 e. The minimum atomic E-state index is -0.379. The summed E-state index contributed by atoms with van der Waals surface area (Å²) in [5.74, 6) is 0. The van der Waals surface area contributed by atoms with Crippen molar-refractivity contribution in [2.45, 2.75) is 25.7 Å². The number of allylic oxidation sites excluding steroid dienone is 2. The second-order valence-corrected chi connectivity index (χ2v) is 6.51. The molecule has 1 aliphatic carbocycles. The molecule has 0 bridgehead atoms. The number of nitro groups is 1. The number of rotatable bonds is 4. The Hall–Kier alpha value is -2.14. The second kappa shape index (κ2) is 6.96. The molecule has 23 heavy (non-hydrogen) atoms. The molecule has 0 aromatic heterocycles. The highest BCUT2D eigenvalue weighted by molar-refractivity contribution is 9.10. The Kier molecular flexibility index (Phi) is 4.76. The monoisotopic (exact) mass is 372 g/mol. The highest BCUT2D eigenvalue weighted by atomic mass is 79.9. The number of anilines is 2. The Balaban J connectivity index is 1.82. The molecule has 2 aromatic rings. The second-order valence-electron chi connectivity index (χ2n) is 5.60. The van der Waals surface area contributed by atoms with Gasteiger partial charge in [-0.15, -0.1) is 0 Å². The van der Waals surface area contributed by atoms with Crippen LogP contribution in [-0.4, -0.2) is 4.92 Å². The lowest BCUT2D eigenvalue weighted by atomic mass is 9.94. The van der Waals surface area contributed by atoms with Gasteiger partial charge in [-0.3, -0.25) is 10.1 Å². The molecule has 1 aliphatic rings. The SMILES string of the molecule is O=[N+]([O-])c1ccc(Br)cc1Nc1ccc(C2=CCCCC2)cc1. The van der Waals surface area contributed by atoms with Gasteiger partial charge in [0.25, 0.3) is 5.69 Å². The lowest BCUT2D eigenvalue weighted by molar-refractivity contribution is -0.383. The molecule has 0 saturated heterocycles. The zero-order valence-corrected chi connectivity index (χ0v) is 14.2. The van der Waals surface area contributed by atoms with E-state index in [1.54, 1.807) is 12.1 Å². The van der Waals surface area contributed by atoms with Gasteiger partial charge in [-0.05, 0) is 61.1 Å². The van der Waals surface area contributed by atoms with Gasteiger partial charge in [-0.2, -0.15) is 0 Å². The first-order valence-electron chi connectivity index (χ1n) is 7.64. The van der Waals surface area contributed by atoms with E-state index in [9.17, 15) is 10.1 Å². The Labute approximate surface area is 143 Å². The summed E-state index contributed by atoms with van der Waals surface area (Å²) in [6, 6.07) is 13.0. The molecule has 0 unspecified atom stereocenters. The minimum Gasteiger partial charge on any atom is -0.350 e. The predicted octanol–water partition coefficient (Wildman–Crippen LogP) is 6.06. The molecule has 0 spiro atoms. The van der Waals surface area contributed by atoms with Gasteiger partial charge in [-0.25, -0.2) is 0 Å². The van der Waals surface area contributed by atoms with Crippen LogP contribution < -0.4 is 5.32 Å². The van der Waals surface area contributed by atoms with E-state index in [2.05, 4.69) is 39.5 Å². The average Bonchev–Trinajstić information content (AvgIpc) is 2.56. The van der Waals surface area contributed by atoms with Crippen LogP contribution in [0.15, 0.2) is 53.0 Å². The number of nitrogens with zero attached hydrogens (tertiary/aromatic N) is 1. The normalized spacial score (nSPS) is 14.2. The van der Waals surface area contributed by atoms with E-state index < -0.39 is 0 Å². The minimum absolute atomic E-state index is 0.0623. The van der Waals surface area contributed by atoms with Crippen LogP contribution >= 0.6 is 15.9 Å². The Morgan fingerprint density at radius 1 is 1.09 bits per heavy atom. The van der Waals surface area contributed by atoms with E-state index in [0.29, 0.717) is 5.69 Å². The summed E-state index contributed by atoms with van der Waals surface area (Å²) in [5.41, 5.74) is 4.02. The molecular formula is C18H17BrN2O2. The molecule has 1 N–H and O–H groups in total. The first-order chi connectivity index (χ1) is 11.1. The fourth-order valence-electron chi connectivity index (χ4n) is 2.79. The number of nitrogens with one attached hydrogen (secondary N) is 1. The first-order valence-corrected chi connectivity index (χ1v) is 8.43. The number of benzene rings is 2. The summed E-state index contributed by atoms with van der Waals surface area (Å²) in [6.45, 7) is 0. The van der Waals surface area contributed by atoms with Crippen LogP contribution in [0.1, 0.15) is 31.2 Å². The average molecular weight is 373 g/mol. The van der Waals surface area contributed by atoms with Crippen molar-refractivity contribution in [1.29, 1.82) is 0 Å². The highest BCUT2D eigenvalue weighted by Crippen LogP contribution is 2.32. The quantitative estimate of drug-likeness (QED) is 0.524. The third-order valence-corrected chi connectivity index (χ3v) is 4.47. The lowest BCUT2D eigenvalue weighted by Gasteiger charge is -2.14. The molecule has 0 heterocycles. The van der Waals surface area contributed by atoms with Crippen molar-refractivity contribution < 1.29 is 4.92 Å². The summed E-state index contributed by atoms with van der Waals surface area (Å²) in [7, 11) is 0. The van der Waals surface area contributed by atoms with Crippen molar-refractivity contribution in [3.8, 4) is 0 Å². The fourth-order valence-corrected chi connectivity index (χ4v) is 3.15. The van der Waals surface area contributed by atoms with Crippen molar-refractivity contribution in [2.24, 2.45) is 0 Å². The molecular weight excluding hydrogens is 356 g/mol. The summed E-state index contributed by atoms with van der Waals surface area (Å²) in [6.07, 6.45) is 7.11. The molecule has 0 radical (unpaired) electrons. The van der Waals surface area contributed by atoms with E-state index in [0.717, 1.165) is 23.0 Å².